The number of nitrogens with one attached hydrogen (secondary N) is 2. The number of ether oxygens (including phenoxy) is 2. The van der Waals surface area contributed by atoms with Gasteiger partial charge < -0.3 is 24.7 Å². The van der Waals surface area contributed by atoms with Gasteiger partial charge in [-0.25, -0.2) is 4.99 Å². The van der Waals surface area contributed by atoms with Gasteiger partial charge in [-0.15, -0.1) is 34.2 Å². The summed E-state index contributed by atoms with van der Waals surface area (Å²) in [6.07, 6.45) is 1.20. The minimum Gasteiger partial charge on any atom is -0.379 e. The van der Waals surface area contributed by atoms with Crippen molar-refractivity contribution in [2.45, 2.75) is 45.9 Å². The van der Waals surface area contributed by atoms with Gasteiger partial charge in [0.25, 0.3) is 0 Å². The molecule has 9 heteroatoms. The van der Waals surface area contributed by atoms with Crippen LogP contribution in [0.2, 0.25) is 0 Å². The molecule has 0 bridgehead atoms. The highest BCUT2D eigenvalue weighted by atomic mass is 127. The predicted molar refractivity (Wildman–Crippen MR) is 104 cm³/mol. The minimum atomic E-state index is 0. The van der Waals surface area contributed by atoms with Crippen LogP contribution in [-0.2, 0) is 23.1 Å². The maximum Gasteiger partial charge on any atom is 0.191 e. The zero-order valence-electron chi connectivity index (χ0n) is 14.9. The average molecular weight is 452 g/mol. The Morgan fingerprint density at radius 3 is 2.88 bits per heavy atom. The van der Waals surface area contributed by atoms with Crippen LogP contribution in [0.3, 0.4) is 0 Å². The molecule has 0 spiro atoms. The smallest absolute Gasteiger partial charge is 0.191 e. The van der Waals surface area contributed by atoms with Crippen LogP contribution in [0.25, 0.3) is 0 Å². The van der Waals surface area contributed by atoms with E-state index in [-0.39, 0.29) is 36.1 Å². The first-order valence-electron chi connectivity index (χ1n) is 8.19. The maximum absolute atomic E-state index is 5.83. The molecule has 2 unspecified atom stereocenters. The number of nitrogens with zero attached hydrogens (tertiary/aromatic N) is 4. The number of rotatable bonds is 7. The van der Waals surface area contributed by atoms with E-state index < -0.39 is 0 Å². The number of aryl methyl sites for hydroxylation is 1. The zero-order chi connectivity index (χ0) is 16.7. The summed E-state index contributed by atoms with van der Waals surface area (Å²) < 4.78 is 13.1. The Kier molecular flexibility index (Phi) is 9.52. The largest absolute Gasteiger partial charge is 0.379 e. The SMILES string of the molecule is CCNC(=NCc1nnc(C)n1C)NC(C)COC1CCOC1.I. The molecule has 1 aliphatic heterocycles. The molecule has 138 valence electrons. The van der Waals surface area contributed by atoms with Crippen molar-refractivity contribution in [2.75, 3.05) is 26.4 Å². The average Bonchev–Trinajstić information content (AvgIpc) is 3.15. The summed E-state index contributed by atoms with van der Waals surface area (Å²) in [5.74, 6) is 2.48. The Bertz CT molecular complexity index is 516. The summed E-state index contributed by atoms with van der Waals surface area (Å²) >= 11 is 0. The molecule has 1 aromatic heterocycles. The molecular formula is C15H29IN6O2. The van der Waals surface area contributed by atoms with E-state index in [9.17, 15) is 0 Å². The molecule has 1 aromatic rings. The summed E-state index contributed by atoms with van der Waals surface area (Å²) in [4.78, 5) is 4.57. The fraction of sp³-hybridized carbons (Fsp3) is 0.800. The van der Waals surface area contributed by atoms with Crippen molar-refractivity contribution >= 4 is 29.9 Å². The second kappa shape index (κ2) is 10.8. The lowest BCUT2D eigenvalue weighted by Gasteiger charge is -2.19. The van der Waals surface area contributed by atoms with Gasteiger partial charge >= 0.3 is 0 Å². The number of hydrogen-bond acceptors (Lipinski definition) is 5. The molecule has 0 saturated carbocycles. The zero-order valence-corrected chi connectivity index (χ0v) is 17.2. The normalized spacial score (nSPS) is 19.0. The third kappa shape index (κ3) is 6.52. The molecule has 2 rings (SSSR count). The lowest BCUT2D eigenvalue weighted by molar-refractivity contribution is 0.0347. The van der Waals surface area contributed by atoms with E-state index in [0.29, 0.717) is 19.8 Å². The van der Waals surface area contributed by atoms with Gasteiger partial charge in [0.15, 0.2) is 11.8 Å². The maximum atomic E-state index is 5.83. The molecule has 1 fully saturated rings. The van der Waals surface area contributed by atoms with Crippen LogP contribution in [0.15, 0.2) is 4.99 Å². The molecule has 1 saturated heterocycles. The van der Waals surface area contributed by atoms with E-state index in [2.05, 4.69) is 32.7 Å². The first-order chi connectivity index (χ1) is 11.1. The van der Waals surface area contributed by atoms with Gasteiger partial charge in [0.2, 0.25) is 0 Å². The van der Waals surface area contributed by atoms with Crippen LogP contribution in [-0.4, -0.2) is 59.2 Å². The van der Waals surface area contributed by atoms with Crippen LogP contribution in [0.4, 0.5) is 0 Å². The summed E-state index contributed by atoms with van der Waals surface area (Å²) in [6.45, 7) is 9.46. The molecule has 2 atom stereocenters. The summed E-state index contributed by atoms with van der Waals surface area (Å²) in [5.41, 5.74) is 0. The topological polar surface area (TPSA) is 85.6 Å². The summed E-state index contributed by atoms with van der Waals surface area (Å²) in [7, 11) is 1.95. The lowest BCUT2D eigenvalue weighted by Crippen LogP contribution is -2.44. The van der Waals surface area contributed by atoms with Gasteiger partial charge in [-0.05, 0) is 27.2 Å². The number of hydrogen-bond donors (Lipinski definition) is 2. The van der Waals surface area contributed by atoms with E-state index in [1.165, 1.54) is 0 Å². The molecule has 1 aliphatic rings. The van der Waals surface area contributed by atoms with Gasteiger partial charge in [-0.2, -0.15) is 0 Å². The fourth-order valence-electron chi connectivity index (χ4n) is 2.26. The van der Waals surface area contributed by atoms with E-state index in [0.717, 1.165) is 37.2 Å². The lowest BCUT2D eigenvalue weighted by atomic mass is 10.3. The second-order valence-electron chi connectivity index (χ2n) is 5.78. The van der Waals surface area contributed by atoms with Crippen molar-refractivity contribution in [3.05, 3.63) is 11.6 Å². The Morgan fingerprint density at radius 2 is 2.29 bits per heavy atom. The van der Waals surface area contributed by atoms with Gasteiger partial charge in [-0.1, -0.05) is 0 Å². The standard InChI is InChI=1S/C15H28N6O2.HI/c1-5-16-15(17-8-14-20-19-12(3)21(14)4)18-11(2)9-23-13-6-7-22-10-13;/h11,13H,5-10H2,1-4H3,(H2,16,17,18);1H. The van der Waals surface area contributed by atoms with Gasteiger partial charge in [-0.3, -0.25) is 0 Å². The summed E-state index contributed by atoms with van der Waals surface area (Å²) in [6, 6.07) is 0.162. The van der Waals surface area contributed by atoms with E-state index >= 15 is 0 Å². The minimum absolute atomic E-state index is 0. The molecule has 2 N–H and O–H groups in total. The Hall–Kier alpha value is -0.940. The fourth-order valence-corrected chi connectivity index (χ4v) is 2.26. The van der Waals surface area contributed by atoms with Crippen LogP contribution in [0.5, 0.6) is 0 Å². The number of aromatic nitrogens is 3. The predicted octanol–water partition coefficient (Wildman–Crippen LogP) is 0.991. The first kappa shape index (κ1) is 21.1. The number of aliphatic imine (C=N–C) groups is 1. The molecular weight excluding hydrogens is 423 g/mol. The molecule has 0 aromatic carbocycles. The quantitative estimate of drug-likeness (QED) is 0.365. The van der Waals surface area contributed by atoms with E-state index in [4.69, 9.17) is 9.47 Å². The Balaban J connectivity index is 0.00000288. The highest BCUT2D eigenvalue weighted by Gasteiger charge is 2.17. The summed E-state index contributed by atoms with van der Waals surface area (Å²) in [5, 5.41) is 14.8. The van der Waals surface area contributed by atoms with E-state index in [1.54, 1.807) is 0 Å². The van der Waals surface area contributed by atoms with Crippen LogP contribution in [0.1, 0.15) is 31.9 Å². The Morgan fingerprint density at radius 1 is 1.50 bits per heavy atom. The molecule has 8 nitrogen and oxygen atoms in total. The van der Waals surface area contributed by atoms with Gasteiger partial charge in [0.05, 0.1) is 19.3 Å². The number of guanidine groups is 1. The van der Waals surface area contributed by atoms with Crippen LogP contribution < -0.4 is 10.6 Å². The van der Waals surface area contributed by atoms with Gasteiger partial charge in [0, 0.05) is 26.2 Å². The third-order valence-corrected chi connectivity index (χ3v) is 3.76. The highest BCUT2D eigenvalue weighted by molar-refractivity contribution is 14.0. The van der Waals surface area contributed by atoms with Crippen molar-refractivity contribution in [1.29, 1.82) is 0 Å². The van der Waals surface area contributed by atoms with Crippen molar-refractivity contribution in [1.82, 2.24) is 25.4 Å². The third-order valence-electron chi connectivity index (χ3n) is 3.76. The van der Waals surface area contributed by atoms with Crippen molar-refractivity contribution in [3.8, 4) is 0 Å². The molecule has 0 radical (unpaired) electrons. The van der Waals surface area contributed by atoms with Crippen molar-refractivity contribution < 1.29 is 9.47 Å². The van der Waals surface area contributed by atoms with Gasteiger partial charge in [0.1, 0.15) is 12.4 Å². The second-order valence-corrected chi connectivity index (χ2v) is 5.78. The highest BCUT2D eigenvalue weighted by Crippen LogP contribution is 2.08. The van der Waals surface area contributed by atoms with Crippen LogP contribution >= 0.6 is 24.0 Å². The number of halogens is 1. The first-order valence-corrected chi connectivity index (χ1v) is 8.19. The Labute approximate surface area is 160 Å². The van der Waals surface area contributed by atoms with Crippen molar-refractivity contribution in [2.24, 2.45) is 12.0 Å². The molecule has 0 amide bonds. The van der Waals surface area contributed by atoms with Crippen molar-refractivity contribution in [3.63, 3.8) is 0 Å². The molecule has 24 heavy (non-hydrogen) atoms. The molecule has 0 aliphatic carbocycles. The molecule has 2 heterocycles. The monoisotopic (exact) mass is 452 g/mol. The van der Waals surface area contributed by atoms with Crippen LogP contribution in [0, 0.1) is 6.92 Å². The van der Waals surface area contributed by atoms with E-state index in [1.807, 2.05) is 25.5 Å².